The molecule has 0 spiro atoms. The topological polar surface area (TPSA) is 30.7 Å². The van der Waals surface area contributed by atoms with Crippen LogP contribution in [0.15, 0.2) is 152 Å². The van der Waals surface area contributed by atoms with Gasteiger partial charge in [0.2, 0.25) is 0 Å². The monoisotopic (exact) mass is 798 g/mol. The molecule has 3 heterocycles. The Balaban J connectivity index is 0.00000324. The average Bonchev–Trinajstić information content (AvgIpc) is 3.71. The van der Waals surface area contributed by atoms with E-state index in [2.05, 4.69) is 143 Å². The van der Waals surface area contributed by atoms with Crippen molar-refractivity contribution in [3.05, 3.63) is 164 Å². The van der Waals surface area contributed by atoms with Crippen LogP contribution in [0.3, 0.4) is 0 Å². The third kappa shape index (κ3) is 5.30. The standard InChI is InChI=1S/C42H25N3S.Pt/c1-2-9-28(10-3-1)29-16-18-30(19-17-29)31-21-23-39-36(26-31)35-22-20-33(42-44-38-14-4-5-15-41(38)46-42)27-40(35)45(39)34-12-8-11-32(25-34)37-13-6-7-24-43-37;/h1-24,26H;/q-2;+2. The van der Waals surface area contributed by atoms with Gasteiger partial charge in [-0.3, -0.25) is 4.98 Å². The van der Waals surface area contributed by atoms with Crippen LogP contribution in [0, 0.1) is 12.1 Å². The van der Waals surface area contributed by atoms with Crippen molar-refractivity contribution in [1.82, 2.24) is 14.5 Å². The Morgan fingerprint density at radius 2 is 1.30 bits per heavy atom. The number of fused-ring (bicyclic) bond motifs is 4. The van der Waals surface area contributed by atoms with Crippen LogP contribution < -0.4 is 0 Å². The van der Waals surface area contributed by atoms with Crippen LogP contribution in [-0.4, -0.2) is 14.5 Å². The number of nitrogens with zero attached hydrogens (tertiary/aromatic N) is 3. The van der Waals surface area contributed by atoms with Gasteiger partial charge in [-0.15, -0.1) is 53.6 Å². The fourth-order valence-corrected chi connectivity index (χ4v) is 7.18. The molecule has 0 saturated carbocycles. The number of para-hydroxylation sites is 1. The number of pyridine rings is 1. The molecule has 47 heavy (non-hydrogen) atoms. The number of hydrogen-bond acceptors (Lipinski definition) is 3. The van der Waals surface area contributed by atoms with Gasteiger partial charge in [-0.05, 0) is 68.8 Å². The van der Waals surface area contributed by atoms with Gasteiger partial charge in [0.25, 0.3) is 0 Å². The minimum Gasteiger partial charge on any atom is -0.346 e. The Hall–Kier alpha value is -5.15. The molecule has 3 aromatic heterocycles. The van der Waals surface area contributed by atoms with Crippen molar-refractivity contribution in [2.75, 3.05) is 0 Å². The molecule has 0 aliphatic heterocycles. The van der Waals surface area contributed by atoms with E-state index in [1.54, 1.807) is 11.3 Å². The van der Waals surface area contributed by atoms with Crippen LogP contribution in [0.1, 0.15) is 0 Å². The molecule has 6 aromatic carbocycles. The van der Waals surface area contributed by atoms with Gasteiger partial charge in [-0.2, -0.15) is 11.3 Å². The minimum absolute atomic E-state index is 0. The molecule has 0 bridgehead atoms. The number of rotatable bonds is 5. The quantitative estimate of drug-likeness (QED) is 0.162. The Bertz CT molecular complexity index is 2480. The molecule has 0 aliphatic carbocycles. The number of hydrogen-bond donors (Lipinski definition) is 0. The normalized spacial score (nSPS) is 11.2. The van der Waals surface area contributed by atoms with Gasteiger partial charge in [-0.25, -0.2) is 0 Å². The summed E-state index contributed by atoms with van der Waals surface area (Å²) in [4.78, 5) is 9.53. The third-order valence-corrected chi connectivity index (χ3v) is 9.56. The molecular weight excluding hydrogens is 774 g/mol. The second-order valence-corrected chi connectivity index (χ2v) is 12.3. The Morgan fingerprint density at radius 3 is 2.11 bits per heavy atom. The average molecular weight is 799 g/mol. The van der Waals surface area contributed by atoms with E-state index in [4.69, 9.17) is 4.98 Å². The van der Waals surface area contributed by atoms with E-state index in [0.717, 1.165) is 49.5 Å². The summed E-state index contributed by atoms with van der Waals surface area (Å²) in [6.07, 6.45) is 1.82. The van der Waals surface area contributed by atoms with Gasteiger partial charge >= 0.3 is 21.1 Å². The molecule has 5 heteroatoms. The molecule has 9 aromatic rings. The molecule has 0 unspecified atom stereocenters. The van der Waals surface area contributed by atoms with Crippen LogP contribution in [-0.2, 0) is 21.1 Å². The van der Waals surface area contributed by atoms with Crippen molar-refractivity contribution in [3.63, 3.8) is 0 Å². The zero-order valence-electron chi connectivity index (χ0n) is 25.0. The van der Waals surface area contributed by atoms with E-state index in [1.807, 2.05) is 30.5 Å². The fourth-order valence-electron chi connectivity index (χ4n) is 6.23. The molecule has 0 saturated heterocycles. The smallest absolute Gasteiger partial charge is 0.346 e. The van der Waals surface area contributed by atoms with Gasteiger partial charge < -0.3 is 9.55 Å². The van der Waals surface area contributed by atoms with Gasteiger partial charge in [0.1, 0.15) is 0 Å². The van der Waals surface area contributed by atoms with Crippen LogP contribution in [0.4, 0.5) is 0 Å². The van der Waals surface area contributed by atoms with Crippen LogP contribution in [0.25, 0.3) is 81.8 Å². The first kappa shape index (κ1) is 29.3. The molecular formula is C42H25N3PtS. The Labute approximate surface area is 291 Å². The van der Waals surface area contributed by atoms with Crippen molar-refractivity contribution in [1.29, 1.82) is 0 Å². The molecule has 0 aliphatic rings. The van der Waals surface area contributed by atoms with Crippen LogP contribution in [0.5, 0.6) is 0 Å². The summed E-state index contributed by atoms with van der Waals surface area (Å²) in [6.45, 7) is 0. The molecule has 9 rings (SSSR count). The molecule has 0 amide bonds. The summed E-state index contributed by atoms with van der Waals surface area (Å²) < 4.78 is 3.45. The molecule has 0 atom stereocenters. The summed E-state index contributed by atoms with van der Waals surface area (Å²) in [5, 5.41) is 3.27. The van der Waals surface area contributed by atoms with Crippen molar-refractivity contribution >= 4 is 43.4 Å². The summed E-state index contributed by atoms with van der Waals surface area (Å²) in [7, 11) is 0. The van der Waals surface area contributed by atoms with E-state index in [-0.39, 0.29) is 21.1 Å². The summed E-state index contributed by atoms with van der Waals surface area (Å²) in [5.74, 6) is 0. The van der Waals surface area contributed by atoms with Gasteiger partial charge in [0.05, 0.1) is 5.52 Å². The first-order chi connectivity index (χ1) is 22.8. The van der Waals surface area contributed by atoms with Gasteiger partial charge in [0, 0.05) is 21.4 Å². The first-order valence-corrected chi connectivity index (χ1v) is 16.1. The van der Waals surface area contributed by atoms with Crippen molar-refractivity contribution in [3.8, 4) is 49.8 Å². The fraction of sp³-hybridized carbons (Fsp3) is 0. The zero-order chi connectivity index (χ0) is 30.5. The first-order valence-electron chi connectivity index (χ1n) is 15.2. The second-order valence-electron chi connectivity index (χ2n) is 11.3. The number of benzene rings is 6. The van der Waals surface area contributed by atoms with E-state index < -0.39 is 0 Å². The summed E-state index contributed by atoms with van der Waals surface area (Å²) in [6, 6.07) is 58.4. The second kappa shape index (κ2) is 12.2. The van der Waals surface area contributed by atoms with Gasteiger partial charge in [-0.1, -0.05) is 96.4 Å². The Morgan fingerprint density at radius 1 is 0.553 bits per heavy atom. The van der Waals surface area contributed by atoms with E-state index >= 15 is 0 Å². The predicted octanol–water partition coefficient (Wildman–Crippen LogP) is 11.1. The van der Waals surface area contributed by atoms with E-state index in [9.17, 15) is 0 Å². The molecule has 0 radical (unpaired) electrons. The maximum Gasteiger partial charge on any atom is 2.00 e. The maximum absolute atomic E-state index is 4.94. The zero-order valence-corrected chi connectivity index (χ0v) is 28.1. The van der Waals surface area contributed by atoms with Crippen LogP contribution in [0.2, 0.25) is 0 Å². The van der Waals surface area contributed by atoms with E-state index in [0.29, 0.717) is 0 Å². The number of aromatic nitrogens is 3. The van der Waals surface area contributed by atoms with E-state index in [1.165, 1.54) is 32.3 Å². The van der Waals surface area contributed by atoms with Crippen LogP contribution >= 0.6 is 11.3 Å². The maximum atomic E-state index is 4.94. The van der Waals surface area contributed by atoms with Crippen molar-refractivity contribution < 1.29 is 21.1 Å². The summed E-state index contributed by atoms with van der Waals surface area (Å²) >= 11 is 1.70. The van der Waals surface area contributed by atoms with Crippen molar-refractivity contribution in [2.45, 2.75) is 0 Å². The molecule has 0 N–H and O–H groups in total. The number of thiazole rings is 1. The predicted molar refractivity (Wildman–Crippen MR) is 191 cm³/mol. The third-order valence-electron chi connectivity index (χ3n) is 8.49. The minimum atomic E-state index is 0. The SMILES string of the molecule is [Pt+2].[c-]1c(-c2ccccn2)cccc1-n1c2[c-]c(-c3nc4ccccc4s3)ccc2c2cc(-c3ccc(-c4ccccc4)cc3)ccc21. The Kier molecular flexibility index (Phi) is 7.61. The summed E-state index contributed by atoms with van der Waals surface area (Å²) in [5.41, 5.74) is 11.7. The molecule has 3 nitrogen and oxygen atoms in total. The molecule has 0 fully saturated rings. The van der Waals surface area contributed by atoms with Crippen molar-refractivity contribution in [2.24, 2.45) is 0 Å². The molecule has 224 valence electrons. The van der Waals surface area contributed by atoms with Gasteiger partial charge in [0.15, 0.2) is 0 Å². The largest absolute Gasteiger partial charge is 2.00 e.